The lowest BCUT2D eigenvalue weighted by molar-refractivity contribution is -0.131. The standard InChI is InChI=1S/C18H26N2O4/c1-3-20(10-12-23-2)18(22)5-4-11-24-15-7-8-16-14(13-15)6-9-17(21)19-16/h7-8,13H,3-6,9-12H2,1-2H3,(H,19,21). The molecule has 0 fully saturated rings. The summed E-state index contributed by atoms with van der Waals surface area (Å²) in [5.41, 5.74) is 1.96. The Hall–Kier alpha value is -2.08. The number of benzene rings is 1. The minimum absolute atomic E-state index is 0.0589. The van der Waals surface area contributed by atoms with Gasteiger partial charge in [0.25, 0.3) is 0 Å². The van der Waals surface area contributed by atoms with Gasteiger partial charge in [-0.3, -0.25) is 9.59 Å². The van der Waals surface area contributed by atoms with Crippen LogP contribution in [0.15, 0.2) is 18.2 Å². The van der Waals surface area contributed by atoms with Crippen LogP contribution in [0.4, 0.5) is 5.69 Å². The Kier molecular flexibility index (Phi) is 7.06. The SMILES string of the molecule is CCN(CCOC)C(=O)CCCOc1ccc2c(c1)CCC(=O)N2. The van der Waals surface area contributed by atoms with Crippen LogP contribution in [0.1, 0.15) is 31.7 Å². The van der Waals surface area contributed by atoms with Gasteiger partial charge in [0.1, 0.15) is 5.75 Å². The highest BCUT2D eigenvalue weighted by Crippen LogP contribution is 2.26. The summed E-state index contributed by atoms with van der Waals surface area (Å²) in [4.78, 5) is 25.2. The Morgan fingerprint density at radius 1 is 1.29 bits per heavy atom. The highest BCUT2D eigenvalue weighted by atomic mass is 16.5. The summed E-state index contributed by atoms with van der Waals surface area (Å²) in [5.74, 6) is 0.971. The second kappa shape index (κ2) is 9.27. The first-order chi connectivity index (χ1) is 11.6. The van der Waals surface area contributed by atoms with Crippen LogP contribution >= 0.6 is 0 Å². The number of fused-ring (bicyclic) bond motifs is 1. The topological polar surface area (TPSA) is 67.9 Å². The molecule has 1 N–H and O–H groups in total. The number of likely N-dealkylation sites (N-methyl/N-ethyl adjacent to an activating group) is 1. The number of carbonyl (C=O) groups excluding carboxylic acids is 2. The van der Waals surface area contributed by atoms with Gasteiger partial charge < -0.3 is 19.7 Å². The Balaban J connectivity index is 1.74. The fourth-order valence-electron chi connectivity index (χ4n) is 2.68. The monoisotopic (exact) mass is 334 g/mol. The maximum absolute atomic E-state index is 12.1. The summed E-state index contributed by atoms with van der Waals surface area (Å²) >= 11 is 0. The van der Waals surface area contributed by atoms with E-state index >= 15 is 0 Å². The predicted octanol–water partition coefficient (Wildman–Crippen LogP) is 2.23. The maximum atomic E-state index is 12.1. The van der Waals surface area contributed by atoms with Gasteiger partial charge in [0.2, 0.25) is 11.8 Å². The van der Waals surface area contributed by atoms with Crippen LogP contribution in [0, 0.1) is 0 Å². The number of methoxy groups -OCH3 is 1. The van der Waals surface area contributed by atoms with Crippen molar-refractivity contribution < 1.29 is 19.1 Å². The number of carbonyl (C=O) groups is 2. The molecule has 1 aromatic rings. The van der Waals surface area contributed by atoms with Gasteiger partial charge in [-0.1, -0.05) is 0 Å². The molecule has 0 saturated carbocycles. The van der Waals surface area contributed by atoms with Crippen molar-refractivity contribution in [2.45, 2.75) is 32.6 Å². The number of anilines is 1. The lowest BCUT2D eigenvalue weighted by atomic mass is 10.0. The molecule has 0 saturated heterocycles. The van der Waals surface area contributed by atoms with Crippen molar-refractivity contribution in [3.05, 3.63) is 23.8 Å². The fourth-order valence-corrected chi connectivity index (χ4v) is 2.68. The molecule has 1 aliphatic rings. The van der Waals surface area contributed by atoms with Crippen molar-refractivity contribution >= 4 is 17.5 Å². The van der Waals surface area contributed by atoms with Crippen molar-refractivity contribution in [2.75, 3.05) is 38.7 Å². The molecule has 132 valence electrons. The molecule has 1 aromatic carbocycles. The third-order valence-electron chi connectivity index (χ3n) is 4.08. The lowest BCUT2D eigenvalue weighted by Gasteiger charge is -2.20. The average Bonchev–Trinajstić information content (AvgIpc) is 2.59. The molecule has 1 aliphatic heterocycles. The summed E-state index contributed by atoms with van der Waals surface area (Å²) in [7, 11) is 1.64. The molecular formula is C18H26N2O4. The molecule has 0 atom stereocenters. The van der Waals surface area contributed by atoms with Crippen LogP contribution in [0.25, 0.3) is 0 Å². The van der Waals surface area contributed by atoms with Crippen molar-refractivity contribution in [3.8, 4) is 5.75 Å². The predicted molar refractivity (Wildman–Crippen MR) is 92.3 cm³/mol. The molecule has 0 bridgehead atoms. The summed E-state index contributed by atoms with van der Waals surface area (Å²) in [6, 6.07) is 5.69. The second-order valence-electron chi connectivity index (χ2n) is 5.79. The van der Waals surface area contributed by atoms with E-state index in [1.54, 1.807) is 12.0 Å². The quantitative estimate of drug-likeness (QED) is 0.703. The normalized spacial score (nSPS) is 13.2. The molecule has 0 unspecified atom stereocenters. The first-order valence-electron chi connectivity index (χ1n) is 8.46. The lowest BCUT2D eigenvalue weighted by Crippen LogP contribution is -2.33. The number of hydrogen-bond donors (Lipinski definition) is 1. The molecule has 24 heavy (non-hydrogen) atoms. The molecule has 1 heterocycles. The first kappa shape index (κ1) is 18.3. The Morgan fingerprint density at radius 3 is 2.88 bits per heavy atom. The zero-order chi connectivity index (χ0) is 17.4. The largest absolute Gasteiger partial charge is 0.494 e. The van der Waals surface area contributed by atoms with Crippen molar-refractivity contribution in [1.29, 1.82) is 0 Å². The third kappa shape index (κ3) is 5.23. The Labute approximate surface area is 143 Å². The zero-order valence-electron chi connectivity index (χ0n) is 14.5. The molecule has 6 heteroatoms. The van der Waals surface area contributed by atoms with E-state index in [2.05, 4.69) is 5.32 Å². The summed E-state index contributed by atoms with van der Waals surface area (Å²) in [6.45, 7) is 4.35. The smallest absolute Gasteiger partial charge is 0.224 e. The number of nitrogens with zero attached hydrogens (tertiary/aromatic N) is 1. The van der Waals surface area contributed by atoms with E-state index in [0.29, 0.717) is 45.6 Å². The number of hydrogen-bond acceptors (Lipinski definition) is 4. The van der Waals surface area contributed by atoms with Gasteiger partial charge in [-0.15, -0.1) is 0 Å². The number of rotatable bonds is 9. The van der Waals surface area contributed by atoms with Crippen molar-refractivity contribution in [1.82, 2.24) is 4.90 Å². The van der Waals surface area contributed by atoms with E-state index < -0.39 is 0 Å². The molecule has 2 amide bonds. The van der Waals surface area contributed by atoms with E-state index in [1.165, 1.54) is 0 Å². The first-order valence-corrected chi connectivity index (χ1v) is 8.46. The number of nitrogens with one attached hydrogen (secondary N) is 1. The van der Waals surface area contributed by atoms with Crippen molar-refractivity contribution in [3.63, 3.8) is 0 Å². The molecule has 0 aliphatic carbocycles. The minimum Gasteiger partial charge on any atom is -0.494 e. The molecule has 2 rings (SSSR count). The number of ether oxygens (including phenoxy) is 2. The molecular weight excluding hydrogens is 308 g/mol. The number of aryl methyl sites for hydroxylation is 1. The Bertz CT molecular complexity index is 574. The average molecular weight is 334 g/mol. The van der Waals surface area contributed by atoms with Gasteiger partial charge in [0.15, 0.2) is 0 Å². The van der Waals surface area contributed by atoms with Gasteiger partial charge in [0.05, 0.1) is 13.2 Å². The van der Waals surface area contributed by atoms with E-state index in [-0.39, 0.29) is 11.8 Å². The van der Waals surface area contributed by atoms with Crippen LogP contribution in [-0.2, 0) is 20.7 Å². The molecule has 0 spiro atoms. The highest BCUT2D eigenvalue weighted by molar-refractivity contribution is 5.94. The molecule has 0 aromatic heterocycles. The van der Waals surface area contributed by atoms with Gasteiger partial charge >= 0.3 is 0 Å². The fraction of sp³-hybridized carbons (Fsp3) is 0.556. The van der Waals surface area contributed by atoms with Crippen LogP contribution in [0.5, 0.6) is 5.75 Å². The third-order valence-corrected chi connectivity index (χ3v) is 4.08. The minimum atomic E-state index is 0.0589. The maximum Gasteiger partial charge on any atom is 0.224 e. The molecule has 6 nitrogen and oxygen atoms in total. The van der Waals surface area contributed by atoms with Gasteiger partial charge in [-0.2, -0.15) is 0 Å². The summed E-state index contributed by atoms with van der Waals surface area (Å²) in [5, 5.41) is 2.85. The van der Waals surface area contributed by atoms with Gasteiger partial charge in [-0.25, -0.2) is 0 Å². The molecule has 0 radical (unpaired) electrons. The van der Waals surface area contributed by atoms with Gasteiger partial charge in [-0.05, 0) is 43.5 Å². The van der Waals surface area contributed by atoms with Crippen LogP contribution < -0.4 is 10.1 Å². The van der Waals surface area contributed by atoms with E-state index in [4.69, 9.17) is 9.47 Å². The second-order valence-corrected chi connectivity index (χ2v) is 5.79. The van der Waals surface area contributed by atoms with E-state index in [9.17, 15) is 9.59 Å². The highest BCUT2D eigenvalue weighted by Gasteiger charge is 2.15. The zero-order valence-corrected chi connectivity index (χ0v) is 14.5. The van der Waals surface area contributed by atoms with Crippen molar-refractivity contribution in [2.24, 2.45) is 0 Å². The van der Waals surface area contributed by atoms with Crippen LogP contribution in [-0.4, -0.2) is 50.1 Å². The Morgan fingerprint density at radius 2 is 2.12 bits per heavy atom. The summed E-state index contributed by atoms with van der Waals surface area (Å²) < 4.78 is 10.8. The number of amides is 2. The summed E-state index contributed by atoms with van der Waals surface area (Å²) in [6.07, 6.45) is 2.40. The van der Waals surface area contributed by atoms with E-state index in [1.807, 2.05) is 25.1 Å². The van der Waals surface area contributed by atoms with Crippen LogP contribution in [0.2, 0.25) is 0 Å². The van der Waals surface area contributed by atoms with Crippen LogP contribution in [0.3, 0.4) is 0 Å². The van der Waals surface area contributed by atoms with Gasteiger partial charge in [0, 0.05) is 38.7 Å². The van der Waals surface area contributed by atoms with E-state index in [0.717, 1.165) is 23.4 Å².